The highest BCUT2D eigenvalue weighted by Gasteiger charge is 2.32. The zero-order chi connectivity index (χ0) is 19.4. The number of hydrazine groups is 1. The Kier molecular flexibility index (Phi) is 5.40. The third-order valence-corrected chi connectivity index (χ3v) is 4.19. The minimum Gasteiger partial charge on any atom is -0.483 e. The van der Waals surface area contributed by atoms with Gasteiger partial charge in [-0.3, -0.25) is 20.4 Å². The van der Waals surface area contributed by atoms with E-state index in [9.17, 15) is 14.4 Å². The Morgan fingerprint density at radius 3 is 2.63 bits per heavy atom. The molecule has 0 aliphatic carbocycles. The van der Waals surface area contributed by atoms with E-state index in [0.717, 1.165) is 11.1 Å². The molecule has 27 heavy (non-hydrogen) atoms. The first-order chi connectivity index (χ1) is 12.9. The van der Waals surface area contributed by atoms with Gasteiger partial charge in [0.1, 0.15) is 11.9 Å². The zero-order valence-electron chi connectivity index (χ0n) is 15.1. The molecule has 0 saturated heterocycles. The molecule has 2 aromatic carbocycles. The van der Waals surface area contributed by atoms with Crippen LogP contribution in [0.25, 0.3) is 0 Å². The summed E-state index contributed by atoms with van der Waals surface area (Å²) in [5.41, 5.74) is 7.67. The van der Waals surface area contributed by atoms with Gasteiger partial charge in [0, 0.05) is 5.56 Å². The van der Waals surface area contributed by atoms with Crippen LogP contribution < -0.4 is 15.6 Å². The van der Waals surface area contributed by atoms with Crippen molar-refractivity contribution < 1.29 is 23.9 Å². The Morgan fingerprint density at radius 1 is 1.07 bits per heavy atom. The molecule has 140 valence electrons. The Bertz CT molecular complexity index is 894. The maximum atomic E-state index is 12.0. The van der Waals surface area contributed by atoms with Crippen LogP contribution in [0, 0.1) is 13.8 Å². The first-order valence-corrected chi connectivity index (χ1v) is 8.51. The van der Waals surface area contributed by atoms with Crippen molar-refractivity contribution in [3.05, 3.63) is 64.7 Å². The molecule has 0 saturated carbocycles. The number of fused-ring (bicyclic) bond motifs is 1. The van der Waals surface area contributed by atoms with E-state index in [1.165, 1.54) is 0 Å². The van der Waals surface area contributed by atoms with E-state index in [2.05, 4.69) is 10.9 Å². The number of ether oxygens (including phenoxy) is 2. The number of esters is 1. The number of amides is 2. The number of nitrogens with one attached hydrogen (secondary N) is 2. The van der Waals surface area contributed by atoms with E-state index in [-0.39, 0.29) is 13.0 Å². The number of carbonyl (C=O) groups excluding carboxylic acids is 3. The van der Waals surface area contributed by atoms with Crippen LogP contribution in [0.2, 0.25) is 0 Å². The van der Waals surface area contributed by atoms with E-state index in [1.54, 1.807) is 24.3 Å². The van der Waals surface area contributed by atoms with Gasteiger partial charge in [0.25, 0.3) is 5.91 Å². The number of rotatable bonds is 5. The minimum atomic E-state index is -0.656. The van der Waals surface area contributed by atoms with Crippen LogP contribution in [-0.4, -0.2) is 24.4 Å². The molecule has 1 atom stereocenters. The standard InChI is InChI=1S/C20H20N2O5/c1-12-7-8-13(2)16(9-12)26-11-19(24)22-21-18(23)10-17-14-5-3-4-6-15(14)20(25)27-17/h3-9,17H,10-11H2,1-2H3,(H,21,23)(H,22,24)/t17-/m0/s1. The Morgan fingerprint density at radius 2 is 1.81 bits per heavy atom. The molecule has 0 fully saturated rings. The molecule has 1 heterocycles. The van der Waals surface area contributed by atoms with Crippen molar-refractivity contribution >= 4 is 17.8 Å². The van der Waals surface area contributed by atoms with Crippen molar-refractivity contribution in [1.29, 1.82) is 0 Å². The highest BCUT2D eigenvalue weighted by molar-refractivity contribution is 5.94. The SMILES string of the molecule is Cc1ccc(C)c(OCC(=O)NNC(=O)C[C@@H]2OC(=O)c3ccccc32)c1. The molecular formula is C20H20N2O5. The largest absolute Gasteiger partial charge is 0.483 e. The van der Waals surface area contributed by atoms with Gasteiger partial charge in [0.15, 0.2) is 6.61 Å². The predicted molar refractivity (Wildman–Crippen MR) is 96.9 cm³/mol. The topological polar surface area (TPSA) is 93.7 Å². The second-order valence-electron chi connectivity index (χ2n) is 6.34. The van der Waals surface area contributed by atoms with Crippen LogP contribution in [0.1, 0.15) is 39.6 Å². The van der Waals surface area contributed by atoms with Crippen molar-refractivity contribution in [3.8, 4) is 5.75 Å². The van der Waals surface area contributed by atoms with Gasteiger partial charge in [-0.1, -0.05) is 30.3 Å². The van der Waals surface area contributed by atoms with E-state index >= 15 is 0 Å². The Hall–Kier alpha value is -3.35. The summed E-state index contributed by atoms with van der Waals surface area (Å²) >= 11 is 0. The number of cyclic esters (lactones) is 1. The summed E-state index contributed by atoms with van der Waals surface area (Å²) in [6.07, 6.45) is -0.738. The fourth-order valence-electron chi connectivity index (χ4n) is 2.77. The molecule has 0 aromatic heterocycles. The first kappa shape index (κ1) is 18.4. The molecule has 7 heteroatoms. The average Bonchev–Trinajstić information content (AvgIpc) is 2.97. The van der Waals surface area contributed by atoms with E-state index in [1.807, 2.05) is 32.0 Å². The second-order valence-corrected chi connectivity index (χ2v) is 6.34. The van der Waals surface area contributed by atoms with Gasteiger partial charge in [0.05, 0.1) is 12.0 Å². The lowest BCUT2D eigenvalue weighted by molar-refractivity contribution is -0.131. The van der Waals surface area contributed by atoms with Crippen molar-refractivity contribution in [2.45, 2.75) is 26.4 Å². The van der Waals surface area contributed by atoms with Gasteiger partial charge in [-0.2, -0.15) is 0 Å². The summed E-state index contributed by atoms with van der Waals surface area (Å²) in [5, 5.41) is 0. The lowest BCUT2D eigenvalue weighted by atomic mass is 10.0. The van der Waals surface area contributed by atoms with Crippen molar-refractivity contribution in [2.75, 3.05) is 6.61 Å². The van der Waals surface area contributed by atoms with Crippen molar-refractivity contribution in [1.82, 2.24) is 10.9 Å². The molecule has 0 radical (unpaired) electrons. The van der Waals surface area contributed by atoms with Crippen molar-refractivity contribution in [2.24, 2.45) is 0 Å². The third kappa shape index (κ3) is 4.44. The van der Waals surface area contributed by atoms with Gasteiger partial charge >= 0.3 is 5.97 Å². The molecule has 1 aliphatic heterocycles. The quantitative estimate of drug-likeness (QED) is 0.623. The van der Waals surface area contributed by atoms with Gasteiger partial charge in [0.2, 0.25) is 5.91 Å². The monoisotopic (exact) mass is 368 g/mol. The predicted octanol–water partition coefficient (Wildman–Crippen LogP) is 2.13. The smallest absolute Gasteiger partial charge is 0.339 e. The molecule has 1 aliphatic rings. The number of aryl methyl sites for hydroxylation is 2. The molecule has 3 rings (SSSR count). The molecule has 2 amide bonds. The molecule has 2 N–H and O–H groups in total. The second kappa shape index (κ2) is 7.90. The van der Waals surface area contributed by atoms with E-state index in [0.29, 0.717) is 16.9 Å². The molecule has 0 spiro atoms. The summed E-state index contributed by atoms with van der Waals surface area (Å²) in [4.78, 5) is 35.7. The van der Waals surface area contributed by atoms with Crippen LogP contribution in [0.5, 0.6) is 5.75 Å². The highest BCUT2D eigenvalue weighted by atomic mass is 16.5. The zero-order valence-corrected chi connectivity index (χ0v) is 15.1. The maximum absolute atomic E-state index is 12.0. The number of hydrogen-bond acceptors (Lipinski definition) is 5. The molecule has 0 bridgehead atoms. The lowest BCUT2D eigenvalue weighted by Gasteiger charge is -2.13. The highest BCUT2D eigenvalue weighted by Crippen LogP contribution is 2.32. The summed E-state index contributed by atoms with van der Waals surface area (Å²) in [5.74, 6) is -0.794. The van der Waals surface area contributed by atoms with Crippen LogP contribution >= 0.6 is 0 Å². The summed E-state index contributed by atoms with van der Waals surface area (Å²) in [7, 11) is 0. The fraction of sp³-hybridized carbons (Fsp3) is 0.250. The normalized spacial score (nSPS) is 14.9. The van der Waals surface area contributed by atoms with Crippen LogP contribution in [0.4, 0.5) is 0 Å². The number of carbonyl (C=O) groups is 3. The van der Waals surface area contributed by atoms with Crippen LogP contribution in [0.3, 0.4) is 0 Å². The van der Waals surface area contributed by atoms with Crippen LogP contribution in [-0.2, 0) is 14.3 Å². The van der Waals surface area contributed by atoms with Crippen molar-refractivity contribution in [3.63, 3.8) is 0 Å². The van der Waals surface area contributed by atoms with Crippen LogP contribution in [0.15, 0.2) is 42.5 Å². The van der Waals surface area contributed by atoms with E-state index in [4.69, 9.17) is 9.47 Å². The molecule has 0 unspecified atom stereocenters. The van der Waals surface area contributed by atoms with Gasteiger partial charge in [-0.05, 0) is 37.1 Å². The Labute approximate surface area is 156 Å². The lowest BCUT2D eigenvalue weighted by Crippen LogP contribution is -2.44. The summed E-state index contributed by atoms with van der Waals surface area (Å²) in [6.45, 7) is 3.58. The Balaban J connectivity index is 1.46. The van der Waals surface area contributed by atoms with Gasteiger partial charge in [-0.15, -0.1) is 0 Å². The number of benzene rings is 2. The van der Waals surface area contributed by atoms with Gasteiger partial charge < -0.3 is 9.47 Å². The van der Waals surface area contributed by atoms with Gasteiger partial charge in [-0.25, -0.2) is 4.79 Å². The summed E-state index contributed by atoms with van der Waals surface area (Å²) < 4.78 is 10.7. The third-order valence-electron chi connectivity index (χ3n) is 4.19. The van der Waals surface area contributed by atoms with E-state index < -0.39 is 23.9 Å². The maximum Gasteiger partial charge on any atom is 0.339 e. The average molecular weight is 368 g/mol. The first-order valence-electron chi connectivity index (χ1n) is 8.51. The fourth-order valence-corrected chi connectivity index (χ4v) is 2.77. The molecule has 7 nitrogen and oxygen atoms in total. The molecule has 2 aromatic rings. The minimum absolute atomic E-state index is 0.0825. The number of hydrogen-bond donors (Lipinski definition) is 2. The molecular weight excluding hydrogens is 348 g/mol. The summed E-state index contributed by atoms with van der Waals surface area (Å²) in [6, 6.07) is 12.6.